The first-order valence-corrected chi connectivity index (χ1v) is 17.1. The summed E-state index contributed by atoms with van der Waals surface area (Å²) in [5.74, 6) is -0.163. The molecule has 2 fully saturated rings. The second kappa shape index (κ2) is 17.2. The second-order valence-corrected chi connectivity index (χ2v) is 13.3. The van der Waals surface area contributed by atoms with Crippen LogP contribution in [0.4, 0.5) is 9.59 Å². The third-order valence-corrected chi connectivity index (χ3v) is 10.2. The zero-order chi connectivity index (χ0) is 33.9. The van der Waals surface area contributed by atoms with E-state index in [2.05, 4.69) is 5.32 Å². The summed E-state index contributed by atoms with van der Waals surface area (Å²) in [7, 11) is 0. The molecule has 0 saturated heterocycles. The van der Waals surface area contributed by atoms with Crippen LogP contribution >= 0.6 is 11.8 Å². The number of benzene rings is 3. The van der Waals surface area contributed by atoms with Gasteiger partial charge in [0.25, 0.3) is 0 Å². The van der Waals surface area contributed by atoms with Crippen molar-refractivity contribution in [3.05, 3.63) is 89.5 Å². The summed E-state index contributed by atoms with van der Waals surface area (Å²) < 4.78 is 11.1. The Balaban J connectivity index is 1.13. The third kappa shape index (κ3) is 9.65. The molecule has 48 heavy (non-hydrogen) atoms. The van der Waals surface area contributed by atoms with Crippen LogP contribution < -0.4 is 5.32 Å². The lowest BCUT2D eigenvalue weighted by Gasteiger charge is -2.33. The van der Waals surface area contributed by atoms with Crippen LogP contribution in [0.25, 0.3) is 0 Å². The smallest absolute Gasteiger partial charge is 0.410 e. The molecule has 256 valence electrons. The molecular weight excluding hydrogens is 634 g/mol. The Labute approximate surface area is 284 Å². The molecule has 2 aliphatic rings. The Hall–Kier alpha value is -4.26. The first kappa shape index (κ1) is 35.1. The van der Waals surface area contributed by atoms with Gasteiger partial charge in [0.1, 0.15) is 25.5 Å². The topological polar surface area (TPSA) is 149 Å². The van der Waals surface area contributed by atoms with Gasteiger partial charge in [-0.1, -0.05) is 66.7 Å². The van der Waals surface area contributed by atoms with Crippen LogP contribution in [-0.4, -0.2) is 82.2 Å². The van der Waals surface area contributed by atoms with Crippen molar-refractivity contribution < 1.29 is 39.2 Å². The molecule has 12 heteroatoms. The molecule has 3 aromatic rings. The summed E-state index contributed by atoms with van der Waals surface area (Å²) in [5.41, 5.74) is 2.68. The van der Waals surface area contributed by atoms with Crippen molar-refractivity contribution in [2.24, 2.45) is 11.8 Å². The molecule has 2 aliphatic carbocycles. The predicted molar refractivity (Wildman–Crippen MR) is 179 cm³/mol. The number of aliphatic hydroxyl groups is 1. The van der Waals surface area contributed by atoms with Crippen LogP contribution in [0.2, 0.25) is 0 Å². The fourth-order valence-electron chi connectivity index (χ4n) is 6.57. The lowest BCUT2D eigenvalue weighted by Crippen LogP contribution is -2.47. The Kier molecular flexibility index (Phi) is 12.6. The summed E-state index contributed by atoms with van der Waals surface area (Å²) in [5, 5.41) is 32.2. The fourth-order valence-corrected chi connectivity index (χ4v) is 7.63. The number of aliphatic carboxylic acids is 1. The normalized spacial score (nSPS) is 18.0. The zero-order valence-corrected chi connectivity index (χ0v) is 27.6. The highest BCUT2D eigenvalue weighted by Crippen LogP contribution is 2.46. The van der Waals surface area contributed by atoms with Gasteiger partial charge in [0.2, 0.25) is 0 Å². The summed E-state index contributed by atoms with van der Waals surface area (Å²) in [6.07, 6.45) is 2.64. The van der Waals surface area contributed by atoms with E-state index in [1.54, 1.807) is 23.9 Å². The highest BCUT2D eigenvalue weighted by Gasteiger charge is 2.44. The zero-order valence-electron chi connectivity index (χ0n) is 26.8. The van der Waals surface area contributed by atoms with Crippen molar-refractivity contribution in [2.45, 2.75) is 61.2 Å². The predicted octanol–water partition coefficient (Wildman–Crippen LogP) is 5.48. The van der Waals surface area contributed by atoms with E-state index in [1.165, 1.54) is 21.9 Å². The third-order valence-electron chi connectivity index (χ3n) is 8.95. The van der Waals surface area contributed by atoms with Crippen LogP contribution in [0.3, 0.4) is 0 Å². The van der Waals surface area contributed by atoms with Gasteiger partial charge >= 0.3 is 18.2 Å². The van der Waals surface area contributed by atoms with Gasteiger partial charge in [0, 0.05) is 35.5 Å². The van der Waals surface area contributed by atoms with Gasteiger partial charge in [-0.25, -0.2) is 9.59 Å². The maximum absolute atomic E-state index is 13.2. The fraction of sp³-hybridized carbons (Fsp3) is 0.417. The Morgan fingerprint density at radius 3 is 2.21 bits per heavy atom. The number of carbonyl (C=O) groups excluding carboxylic acids is 2. The van der Waals surface area contributed by atoms with E-state index in [0.717, 1.165) is 52.2 Å². The first-order valence-electron chi connectivity index (χ1n) is 16.3. The number of rotatable bonds is 16. The van der Waals surface area contributed by atoms with E-state index in [0.29, 0.717) is 24.9 Å². The van der Waals surface area contributed by atoms with Crippen LogP contribution in [-0.2, 0) is 34.0 Å². The van der Waals surface area contributed by atoms with E-state index >= 15 is 0 Å². The number of amides is 2. The number of carboxylic acid groups (broad SMARTS) is 1. The van der Waals surface area contributed by atoms with Crippen molar-refractivity contribution in [1.82, 2.24) is 15.1 Å². The van der Waals surface area contributed by atoms with Crippen molar-refractivity contribution >= 4 is 29.9 Å². The molecule has 0 aromatic heterocycles. The van der Waals surface area contributed by atoms with E-state index < -0.39 is 24.7 Å². The Bertz CT molecular complexity index is 1540. The quantitative estimate of drug-likeness (QED) is 0.144. The number of aliphatic hydroxyl groups excluding tert-OH is 1. The first-order chi connectivity index (χ1) is 23.3. The Morgan fingerprint density at radius 1 is 0.854 bits per heavy atom. The SMILES string of the molecule is O=C(O)CN(C(=O)OCCN(Cc1ccc(O)cc1)C(=O)OCCNCc1ccccc1Sc1ccccc1CO)[C@H]1C[C@H]2CC[C@H]1C2. The molecule has 0 heterocycles. The highest BCUT2D eigenvalue weighted by atomic mass is 32.2. The van der Waals surface area contributed by atoms with Crippen molar-refractivity contribution in [3.8, 4) is 5.75 Å². The average molecular weight is 678 g/mol. The summed E-state index contributed by atoms with van der Waals surface area (Å²) in [4.78, 5) is 42.6. The van der Waals surface area contributed by atoms with Gasteiger partial charge in [-0.05, 0) is 72.1 Å². The largest absolute Gasteiger partial charge is 0.508 e. The number of hydrogen-bond donors (Lipinski definition) is 4. The second-order valence-electron chi connectivity index (χ2n) is 12.2. The van der Waals surface area contributed by atoms with Crippen LogP contribution in [0, 0.1) is 11.8 Å². The molecule has 2 amide bonds. The number of phenolic OH excluding ortho intramolecular Hbond substituents is 1. The number of fused-ring (bicyclic) bond motifs is 2. The summed E-state index contributed by atoms with van der Waals surface area (Å²) in [6, 6.07) is 22.0. The molecule has 3 atom stereocenters. The molecule has 0 spiro atoms. The molecule has 2 bridgehead atoms. The molecule has 0 radical (unpaired) electrons. The molecule has 0 unspecified atom stereocenters. The van der Waals surface area contributed by atoms with E-state index in [9.17, 15) is 29.7 Å². The summed E-state index contributed by atoms with van der Waals surface area (Å²) >= 11 is 1.59. The molecule has 2 saturated carbocycles. The molecule has 4 N–H and O–H groups in total. The standard InChI is InChI=1S/C36H43N3O8S/c40-24-29-6-2-4-8-33(29)48-32-7-3-1-5-28(32)21-37-15-17-46-35(44)38(22-25-10-13-30(41)14-11-25)16-18-47-36(45)39(23-34(42)43)31-20-26-9-12-27(31)19-26/h1-8,10-11,13-14,26-27,31,37,40-41H,9,12,15-24H2,(H,42,43)/t26-,27-,31-/m0/s1. The molecular formula is C36H43N3O8S. The van der Waals surface area contributed by atoms with Gasteiger partial charge in [0.05, 0.1) is 13.2 Å². The number of carboxylic acids is 1. The number of nitrogens with one attached hydrogen (secondary N) is 1. The maximum atomic E-state index is 13.2. The van der Waals surface area contributed by atoms with Crippen molar-refractivity contribution in [3.63, 3.8) is 0 Å². The number of carbonyl (C=O) groups is 3. The lowest BCUT2D eigenvalue weighted by molar-refractivity contribution is -0.138. The van der Waals surface area contributed by atoms with Crippen LogP contribution in [0.1, 0.15) is 42.4 Å². The van der Waals surface area contributed by atoms with E-state index in [-0.39, 0.29) is 44.7 Å². The van der Waals surface area contributed by atoms with Crippen LogP contribution in [0.5, 0.6) is 5.75 Å². The molecule has 0 aliphatic heterocycles. The number of nitrogens with zero attached hydrogens (tertiary/aromatic N) is 2. The number of ether oxygens (including phenoxy) is 2. The minimum absolute atomic E-state index is 0.0361. The number of hydrogen-bond acceptors (Lipinski definition) is 9. The van der Waals surface area contributed by atoms with Crippen LogP contribution in [0.15, 0.2) is 82.6 Å². The van der Waals surface area contributed by atoms with E-state index in [1.807, 2.05) is 48.5 Å². The molecule has 11 nitrogen and oxygen atoms in total. The average Bonchev–Trinajstić information content (AvgIpc) is 3.72. The molecule has 5 rings (SSSR count). The Morgan fingerprint density at radius 2 is 1.54 bits per heavy atom. The van der Waals surface area contributed by atoms with E-state index in [4.69, 9.17) is 9.47 Å². The monoisotopic (exact) mass is 677 g/mol. The van der Waals surface area contributed by atoms with Gasteiger partial charge in [0.15, 0.2) is 0 Å². The van der Waals surface area contributed by atoms with Gasteiger partial charge in [-0.2, -0.15) is 0 Å². The van der Waals surface area contributed by atoms with Gasteiger partial charge in [-0.3, -0.25) is 9.69 Å². The number of aromatic hydroxyl groups is 1. The minimum Gasteiger partial charge on any atom is -0.508 e. The molecule has 3 aromatic carbocycles. The maximum Gasteiger partial charge on any atom is 0.410 e. The number of phenols is 1. The highest BCUT2D eigenvalue weighted by molar-refractivity contribution is 7.99. The van der Waals surface area contributed by atoms with Gasteiger partial charge < -0.3 is 35.0 Å². The van der Waals surface area contributed by atoms with Crippen molar-refractivity contribution in [2.75, 3.05) is 32.8 Å². The summed E-state index contributed by atoms with van der Waals surface area (Å²) in [6.45, 7) is 0.659. The van der Waals surface area contributed by atoms with Crippen molar-refractivity contribution in [1.29, 1.82) is 0 Å². The van der Waals surface area contributed by atoms with Gasteiger partial charge in [-0.15, -0.1) is 0 Å². The minimum atomic E-state index is -1.09. The lowest BCUT2D eigenvalue weighted by atomic mass is 9.94.